The van der Waals surface area contributed by atoms with Crippen LogP contribution in [0.25, 0.3) is 0 Å². The Morgan fingerprint density at radius 2 is 2.09 bits per heavy atom. The van der Waals surface area contributed by atoms with Gasteiger partial charge in [0, 0.05) is 19.1 Å². The minimum Gasteiger partial charge on any atom is -0.296 e. The zero-order chi connectivity index (χ0) is 16.3. The van der Waals surface area contributed by atoms with Gasteiger partial charge in [-0.15, -0.1) is 0 Å². The standard InChI is InChI=1S/C15H22Cl2N2O2S/c1-11(13-5-6-14(16)15(17)8-13)19-7-3-4-12(10-19)9-18-22(2,20)21/h5-6,8,11-12,18H,3-4,7,9-10H2,1-2H3/t11-,12+/m1/s1. The van der Waals surface area contributed by atoms with Crippen molar-refractivity contribution in [3.05, 3.63) is 33.8 Å². The average molecular weight is 365 g/mol. The van der Waals surface area contributed by atoms with E-state index in [0.29, 0.717) is 22.5 Å². The van der Waals surface area contributed by atoms with Gasteiger partial charge < -0.3 is 0 Å². The molecule has 1 aromatic carbocycles. The van der Waals surface area contributed by atoms with Gasteiger partial charge in [0.2, 0.25) is 10.0 Å². The minimum absolute atomic E-state index is 0.232. The average Bonchev–Trinajstić information content (AvgIpc) is 2.47. The van der Waals surface area contributed by atoms with Crippen LogP contribution in [-0.4, -0.2) is 39.2 Å². The fourth-order valence-corrected chi connectivity index (χ4v) is 3.71. The van der Waals surface area contributed by atoms with Gasteiger partial charge in [-0.2, -0.15) is 0 Å². The molecule has 0 spiro atoms. The molecule has 0 unspecified atom stereocenters. The number of sulfonamides is 1. The number of benzene rings is 1. The molecule has 22 heavy (non-hydrogen) atoms. The molecule has 1 aliphatic heterocycles. The smallest absolute Gasteiger partial charge is 0.208 e. The molecule has 0 bridgehead atoms. The molecule has 0 amide bonds. The van der Waals surface area contributed by atoms with E-state index in [9.17, 15) is 8.42 Å². The molecule has 124 valence electrons. The summed E-state index contributed by atoms with van der Waals surface area (Å²) in [6.07, 6.45) is 3.32. The molecule has 4 nitrogen and oxygen atoms in total. The zero-order valence-corrected chi connectivity index (χ0v) is 15.2. The summed E-state index contributed by atoms with van der Waals surface area (Å²) < 4.78 is 25.1. The van der Waals surface area contributed by atoms with Crippen LogP contribution >= 0.6 is 23.2 Å². The first kappa shape index (κ1) is 18.0. The lowest BCUT2D eigenvalue weighted by Crippen LogP contribution is -2.41. The number of rotatable bonds is 5. The fourth-order valence-electron chi connectivity index (χ4n) is 2.87. The van der Waals surface area contributed by atoms with E-state index in [1.807, 2.05) is 18.2 Å². The molecule has 2 atom stereocenters. The van der Waals surface area contributed by atoms with Crippen molar-refractivity contribution in [2.45, 2.75) is 25.8 Å². The van der Waals surface area contributed by atoms with Gasteiger partial charge in [-0.1, -0.05) is 29.3 Å². The van der Waals surface area contributed by atoms with Gasteiger partial charge in [0.25, 0.3) is 0 Å². The van der Waals surface area contributed by atoms with E-state index in [2.05, 4.69) is 16.5 Å². The van der Waals surface area contributed by atoms with Gasteiger partial charge in [-0.3, -0.25) is 4.90 Å². The van der Waals surface area contributed by atoms with Crippen molar-refractivity contribution < 1.29 is 8.42 Å². The van der Waals surface area contributed by atoms with Gasteiger partial charge in [-0.25, -0.2) is 13.1 Å². The lowest BCUT2D eigenvalue weighted by atomic mass is 9.95. The molecular weight excluding hydrogens is 343 g/mol. The Morgan fingerprint density at radius 3 is 2.73 bits per heavy atom. The number of hydrogen-bond donors (Lipinski definition) is 1. The molecule has 1 heterocycles. The third-order valence-corrected chi connectivity index (χ3v) is 5.59. The summed E-state index contributed by atoms with van der Waals surface area (Å²) in [5, 5.41) is 1.13. The molecule has 0 aromatic heterocycles. The number of nitrogens with zero attached hydrogens (tertiary/aromatic N) is 1. The first-order chi connectivity index (χ1) is 10.3. The van der Waals surface area contributed by atoms with E-state index in [1.54, 1.807) is 0 Å². The monoisotopic (exact) mass is 364 g/mol. The molecular formula is C15H22Cl2N2O2S. The maximum atomic E-state index is 11.2. The highest BCUT2D eigenvalue weighted by atomic mass is 35.5. The van der Waals surface area contributed by atoms with Gasteiger partial charge in [-0.05, 0) is 49.9 Å². The fraction of sp³-hybridized carbons (Fsp3) is 0.600. The van der Waals surface area contributed by atoms with Crippen LogP contribution in [0.5, 0.6) is 0 Å². The quantitative estimate of drug-likeness (QED) is 0.871. The third-order valence-electron chi connectivity index (χ3n) is 4.16. The van der Waals surface area contributed by atoms with Crippen LogP contribution in [0.15, 0.2) is 18.2 Å². The molecule has 2 rings (SSSR count). The van der Waals surface area contributed by atoms with E-state index in [4.69, 9.17) is 23.2 Å². The summed E-state index contributed by atoms with van der Waals surface area (Å²) in [6, 6.07) is 5.96. The van der Waals surface area contributed by atoms with Crippen LogP contribution in [0.4, 0.5) is 0 Å². The van der Waals surface area contributed by atoms with Crippen LogP contribution in [0.1, 0.15) is 31.4 Å². The molecule has 7 heteroatoms. The predicted molar refractivity (Wildman–Crippen MR) is 92.0 cm³/mol. The Bertz CT molecular complexity index is 622. The number of hydrogen-bond acceptors (Lipinski definition) is 3. The third kappa shape index (κ3) is 5.10. The maximum Gasteiger partial charge on any atom is 0.208 e. The van der Waals surface area contributed by atoms with Gasteiger partial charge in [0.1, 0.15) is 0 Å². The van der Waals surface area contributed by atoms with E-state index >= 15 is 0 Å². The lowest BCUT2D eigenvalue weighted by Gasteiger charge is -2.37. The van der Waals surface area contributed by atoms with E-state index in [1.165, 1.54) is 6.26 Å². The van der Waals surface area contributed by atoms with Crippen molar-refractivity contribution in [2.24, 2.45) is 5.92 Å². The predicted octanol–water partition coefficient (Wildman–Crippen LogP) is 3.32. The summed E-state index contributed by atoms with van der Waals surface area (Å²) in [5.74, 6) is 0.341. The number of likely N-dealkylation sites (tertiary alicyclic amines) is 1. The van der Waals surface area contributed by atoms with Crippen molar-refractivity contribution in [2.75, 3.05) is 25.9 Å². The summed E-state index contributed by atoms with van der Waals surface area (Å²) in [5.41, 5.74) is 1.13. The van der Waals surface area contributed by atoms with Crippen molar-refractivity contribution >= 4 is 33.2 Å². The molecule has 1 saturated heterocycles. The number of piperidine rings is 1. The van der Waals surface area contributed by atoms with Crippen LogP contribution in [0, 0.1) is 5.92 Å². The summed E-state index contributed by atoms with van der Waals surface area (Å²) in [7, 11) is -3.12. The Hall–Kier alpha value is -0.330. The van der Waals surface area contributed by atoms with Crippen LogP contribution in [0.2, 0.25) is 10.0 Å². The second-order valence-corrected chi connectivity index (χ2v) is 8.62. The van der Waals surface area contributed by atoms with Crippen LogP contribution < -0.4 is 4.72 Å². The van der Waals surface area contributed by atoms with Gasteiger partial charge in [0.05, 0.1) is 16.3 Å². The van der Waals surface area contributed by atoms with E-state index in [0.717, 1.165) is 31.5 Å². The summed E-state index contributed by atoms with van der Waals surface area (Å²) in [4.78, 5) is 2.37. The minimum atomic E-state index is -3.12. The van der Waals surface area contributed by atoms with Crippen molar-refractivity contribution in [3.63, 3.8) is 0 Å². The van der Waals surface area contributed by atoms with Gasteiger partial charge in [0.15, 0.2) is 0 Å². The normalized spacial score (nSPS) is 21.7. The highest BCUT2D eigenvalue weighted by Crippen LogP contribution is 2.30. The highest BCUT2D eigenvalue weighted by molar-refractivity contribution is 7.88. The Labute approximate surface area is 142 Å². The molecule has 1 aliphatic rings. The summed E-state index contributed by atoms with van der Waals surface area (Å²) >= 11 is 12.1. The largest absolute Gasteiger partial charge is 0.296 e. The molecule has 1 fully saturated rings. The maximum absolute atomic E-state index is 11.2. The van der Waals surface area contributed by atoms with E-state index in [-0.39, 0.29) is 6.04 Å². The molecule has 1 N–H and O–H groups in total. The molecule has 0 aliphatic carbocycles. The highest BCUT2D eigenvalue weighted by Gasteiger charge is 2.25. The van der Waals surface area contributed by atoms with Gasteiger partial charge >= 0.3 is 0 Å². The second-order valence-electron chi connectivity index (χ2n) is 5.97. The Morgan fingerprint density at radius 1 is 1.36 bits per heavy atom. The Kier molecular flexibility index (Phi) is 6.14. The first-order valence-electron chi connectivity index (χ1n) is 7.40. The summed E-state index contributed by atoms with van der Waals surface area (Å²) in [6.45, 7) is 4.54. The topological polar surface area (TPSA) is 49.4 Å². The zero-order valence-electron chi connectivity index (χ0n) is 12.9. The second kappa shape index (κ2) is 7.49. The van der Waals surface area contributed by atoms with Crippen molar-refractivity contribution in [3.8, 4) is 0 Å². The van der Waals surface area contributed by atoms with Crippen molar-refractivity contribution in [1.29, 1.82) is 0 Å². The number of halogens is 2. The molecule has 1 aromatic rings. The van der Waals surface area contributed by atoms with E-state index < -0.39 is 10.0 Å². The lowest BCUT2D eigenvalue weighted by molar-refractivity contribution is 0.133. The van der Waals surface area contributed by atoms with Crippen LogP contribution in [-0.2, 0) is 10.0 Å². The Balaban J connectivity index is 2.00. The SMILES string of the molecule is C[C@H](c1ccc(Cl)c(Cl)c1)N1CCC[C@@H](CNS(C)(=O)=O)C1. The molecule has 0 saturated carbocycles. The number of nitrogens with one attached hydrogen (secondary N) is 1. The molecule has 0 radical (unpaired) electrons. The van der Waals surface area contributed by atoms with Crippen molar-refractivity contribution in [1.82, 2.24) is 9.62 Å². The van der Waals surface area contributed by atoms with Crippen LogP contribution in [0.3, 0.4) is 0 Å². The first-order valence-corrected chi connectivity index (χ1v) is 10.0.